The molecule has 0 radical (unpaired) electrons. The normalized spacial score (nSPS) is 10.6. The highest BCUT2D eigenvalue weighted by Crippen LogP contribution is 2.28. The molecule has 134 valence electrons. The number of nitrogens with zero attached hydrogens (tertiary/aromatic N) is 1. The molecule has 3 rings (SSSR count). The maximum atomic E-state index is 12.2. The Morgan fingerprint density at radius 1 is 1.23 bits per heavy atom. The summed E-state index contributed by atoms with van der Waals surface area (Å²) in [5, 5.41) is 3.32. The van der Waals surface area contributed by atoms with Crippen molar-refractivity contribution in [2.75, 3.05) is 12.4 Å². The molecule has 0 spiro atoms. The second-order valence-electron chi connectivity index (χ2n) is 5.88. The van der Waals surface area contributed by atoms with E-state index < -0.39 is 0 Å². The van der Waals surface area contributed by atoms with Crippen LogP contribution in [0.25, 0.3) is 11.3 Å². The maximum absolute atomic E-state index is 12.2. The van der Waals surface area contributed by atoms with E-state index in [2.05, 4.69) is 10.3 Å². The molecule has 0 aliphatic rings. The average Bonchev–Trinajstić information content (AvgIpc) is 3.10. The summed E-state index contributed by atoms with van der Waals surface area (Å²) >= 11 is 5.97. The summed E-state index contributed by atoms with van der Waals surface area (Å²) in [7, 11) is 1.54. The summed E-state index contributed by atoms with van der Waals surface area (Å²) in [4.78, 5) is 16.4. The Labute approximate surface area is 157 Å². The van der Waals surface area contributed by atoms with Crippen LogP contribution in [0.4, 0.5) is 5.69 Å². The predicted octanol–water partition coefficient (Wildman–Crippen LogP) is 4.88. The summed E-state index contributed by atoms with van der Waals surface area (Å²) < 4.78 is 11.0. The Morgan fingerprint density at radius 3 is 2.73 bits per heavy atom. The number of carbonyl (C=O) groups is 1. The molecule has 0 atom stereocenters. The Morgan fingerprint density at radius 2 is 2.00 bits per heavy atom. The first-order chi connectivity index (χ1) is 12.5. The van der Waals surface area contributed by atoms with Gasteiger partial charge in [-0.2, -0.15) is 0 Å². The number of ether oxygens (including phenoxy) is 1. The molecular weight excluding hydrogens is 352 g/mol. The van der Waals surface area contributed by atoms with Crippen LogP contribution in [-0.2, 0) is 11.2 Å². The van der Waals surface area contributed by atoms with E-state index in [4.69, 9.17) is 20.8 Å². The molecule has 1 aromatic heterocycles. The Hall–Kier alpha value is -2.79. The SMILES string of the molecule is COc1ccc(Cl)cc1NC(=O)CCc1ncc(-c2ccc(C)cc2)o1. The fourth-order valence-corrected chi connectivity index (χ4v) is 2.66. The minimum absolute atomic E-state index is 0.166. The highest BCUT2D eigenvalue weighted by atomic mass is 35.5. The molecule has 0 saturated heterocycles. The van der Waals surface area contributed by atoms with Crippen molar-refractivity contribution in [2.24, 2.45) is 0 Å². The van der Waals surface area contributed by atoms with Crippen LogP contribution in [0.2, 0.25) is 5.02 Å². The number of methoxy groups -OCH3 is 1. The first kappa shape index (κ1) is 18.0. The number of halogens is 1. The number of hydrogen-bond acceptors (Lipinski definition) is 4. The third-order valence-electron chi connectivity index (χ3n) is 3.89. The maximum Gasteiger partial charge on any atom is 0.224 e. The van der Waals surface area contributed by atoms with Gasteiger partial charge in [-0.25, -0.2) is 4.98 Å². The number of carbonyl (C=O) groups excluding carboxylic acids is 1. The van der Waals surface area contributed by atoms with Crippen LogP contribution in [0, 0.1) is 6.92 Å². The molecule has 0 unspecified atom stereocenters. The van der Waals surface area contributed by atoms with Crippen LogP contribution in [0.5, 0.6) is 5.75 Å². The summed E-state index contributed by atoms with van der Waals surface area (Å²) in [5.41, 5.74) is 2.68. The van der Waals surface area contributed by atoms with Crippen molar-refractivity contribution in [3.05, 3.63) is 65.1 Å². The van der Waals surface area contributed by atoms with Gasteiger partial charge in [0.05, 0.1) is 19.0 Å². The molecule has 3 aromatic rings. The molecule has 1 amide bonds. The molecule has 5 nitrogen and oxygen atoms in total. The zero-order chi connectivity index (χ0) is 18.5. The van der Waals surface area contributed by atoms with E-state index in [1.165, 1.54) is 12.7 Å². The van der Waals surface area contributed by atoms with Crippen LogP contribution < -0.4 is 10.1 Å². The summed E-state index contributed by atoms with van der Waals surface area (Å²) in [6.45, 7) is 2.03. The molecule has 0 saturated carbocycles. The lowest BCUT2D eigenvalue weighted by Crippen LogP contribution is -2.13. The molecule has 1 heterocycles. The van der Waals surface area contributed by atoms with Gasteiger partial charge in [0.25, 0.3) is 0 Å². The average molecular weight is 371 g/mol. The van der Waals surface area contributed by atoms with Gasteiger partial charge in [0.1, 0.15) is 5.75 Å². The lowest BCUT2D eigenvalue weighted by Gasteiger charge is -2.10. The van der Waals surface area contributed by atoms with Gasteiger partial charge in [-0.15, -0.1) is 0 Å². The van der Waals surface area contributed by atoms with Crippen LogP contribution >= 0.6 is 11.6 Å². The van der Waals surface area contributed by atoms with Gasteiger partial charge >= 0.3 is 0 Å². The molecule has 0 aliphatic carbocycles. The Bertz CT molecular complexity index is 904. The quantitative estimate of drug-likeness (QED) is 0.671. The minimum Gasteiger partial charge on any atom is -0.495 e. The van der Waals surface area contributed by atoms with E-state index in [1.807, 2.05) is 31.2 Å². The molecule has 0 fully saturated rings. The summed E-state index contributed by atoms with van der Waals surface area (Å²) in [6.07, 6.45) is 2.32. The smallest absolute Gasteiger partial charge is 0.224 e. The number of amides is 1. The van der Waals surface area contributed by atoms with Gasteiger partial charge in [-0.1, -0.05) is 41.4 Å². The standard InChI is InChI=1S/C20H19ClN2O3/c1-13-3-5-14(6-4-13)18-12-22-20(26-18)10-9-19(24)23-16-11-15(21)7-8-17(16)25-2/h3-8,11-12H,9-10H2,1-2H3,(H,23,24). The van der Waals surface area contributed by atoms with E-state index in [0.29, 0.717) is 34.5 Å². The fourth-order valence-electron chi connectivity index (χ4n) is 2.49. The van der Waals surface area contributed by atoms with Crippen molar-refractivity contribution in [3.8, 4) is 17.1 Å². The van der Waals surface area contributed by atoms with Gasteiger partial charge in [-0.05, 0) is 25.1 Å². The first-order valence-electron chi connectivity index (χ1n) is 8.20. The van der Waals surface area contributed by atoms with Crippen LogP contribution in [-0.4, -0.2) is 18.0 Å². The molecule has 1 N–H and O–H groups in total. The van der Waals surface area contributed by atoms with Crippen molar-refractivity contribution >= 4 is 23.2 Å². The van der Waals surface area contributed by atoms with E-state index in [0.717, 1.165) is 5.56 Å². The number of aromatic nitrogens is 1. The summed E-state index contributed by atoms with van der Waals surface area (Å²) in [5.74, 6) is 1.60. The van der Waals surface area contributed by atoms with E-state index >= 15 is 0 Å². The number of rotatable bonds is 6. The van der Waals surface area contributed by atoms with E-state index in [9.17, 15) is 4.79 Å². The topological polar surface area (TPSA) is 64.4 Å². The van der Waals surface area contributed by atoms with Gasteiger partial charge in [0.2, 0.25) is 5.91 Å². The summed E-state index contributed by atoms with van der Waals surface area (Å²) in [6, 6.07) is 13.1. The van der Waals surface area contributed by atoms with Crippen LogP contribution in [0.3, 0.4) is 0 Å². The lowest BCUT2D eigenvalue weighted by molar-refractivity contribution is -0.116. The van der Waals surface area contributed by atoms with Gasteiger partial charge < -0.3 is 14.5 Å². The number of anilines is 1. The van der Waals surface area contributed by atoms with Crippen molar-refractivity contribution in [2.45, 2.75) is 19.8 Å². The highest BCUT2D eigenvalue weighted by Gasteiger charge is 2.11. The Kier molecular flexibility index (Phi) is 5.58. The number of aryl methyl sites for hydroxylation is 2. The first-order valence-corrected chi connectivity index (χ1v) is 8.58. The monoisotopic (exact) mass is 370 g/mol. The third-order valence-corrected chi connectivity index (χ3v) is 4.13. The van der Waals surface area contributed by atoms with E-state index in [1.54, 1.807) is 24.4 Å². The van der Waals surface area contributed by atoms with Crippen molar-refractivity contribution in [1.82, 2.24) is 4.98 Å². The highest BCUT2D eigenvalue weighted by molar-refractivity contribution is 6.31. The number of oxazole rings is 1. The third kappa shape index (κ3) is 4.43. The number of hydrogen-bond donors (Lipinski definition) is 1. The molecule has 0 bridgehead atoms. The molecule has 0 aliphatic heterocycles. The van der Waals surface area contributed by atoms with Gasteiger partial charge in [0, 0.05) is 23.4 Å². The minimum atomic E-state index is -0.166. The van der Waals surface area contributed by atoms with Crippen LogP contribution in [0.1, 0.15) is 17.9 Å². The Balaban J connectivity index is 1.60. The number of nitrogens with one attached hydrogen (secondary N) is 1. The molecule has 2 aromatic carbocycles. The fraction of sp³-hybridized carbons (Fsp3) is 0.200. The van der Waals surface area contributed by atoms with Crippen molar-refractivity contribution < 1.29 is 13.9 Å². The molecule has 6 heteroatoms. The largest absolute Gasteiger partial charge is 0.495 e. The van der Waals surface area contributed by atoms with E-state index in [-0.39, 0.29) is 12.3 Å². The zero-order valence-corrected chi connectivity index (χ0v) is 15.3. The number of benzene rings is 2. The zero-order valence-electron chi connectivity index (χ0n) is 14.6. The van der Waals surface area contributed by atoms with Crippen molar-refractivity contribution in [3.63, 3.8) is 0 Å². The molecular formula is C20H19ClN2O3. The lowest BCUT2D eigenvalue weighted by atomic mass is 10.1. The molecule has 26 heavy (non-hydrogen) atoms. The van der Waals surface area contributed by atoms with Crippen LogP contribution in [0.15, 0.2) is 53.1 Å². The second-order valence-corrected chi connectivity index (χ2v) is 6.31. The van der Waals surface area contributed by atoms with Crippen molar-refractivity contribution in [1.29, 1.82) is 0 Å². The second kappa shape index (κ2) is 8.06. The van der Waals surface area contributed by atoms with Gasteiger partial charge in [-0.3, -0.25) is 4.79 Å². The predicted molar refractivity (Wildman–Crippen MR) is 102 cm³/mol. The van der Waals surface area contributed by atoms with Gasteiger partial charge in [0.15, 0.2) is 11.7 Å².